The zero-order chi connectivity index (χ0) is 20.6. The van der Waals surface area contributed by atoms with Crippen LogP contribution in [0, 0.1) is 5.82 Å². The molecule has 0 saturated carbocycles. The van der Waals surface area contributed by atoms with Crippen molar-refractivity contribution in [3.05, 3.63) is 83.7 Å². The van der Waals surface area contributed by atoms with Crippen LogP contribution in [0.2, 0.25) is 0 Å². The lowest BCUT2D eigenvalue weighted by Crippen LogP contribution is -2.13. The highest BCUT2D eigenvalue weighted by Crippen LogP contribution is 2.25. The first-order valence-corrected chi connectivity index (χ1v) is 9.18. The van der Waals surface area contributed by atoms with Gasteiger partial charge in [0.25, 0.3) is 5.91 Å². The SMILES string of the molecule is CCOc1ccc(C(=O)Nc2cccc(F)c2)cc1COc1cccc(OC)c1. The summed E-state index contributed by atoms with van der Waals surface area (Å²) in [6.45, 7) is 2.59. The van der Waals surface area contributed by atoms with Crippen molar-refractivity contribution in [2.75, 3.05) is 19.0 Å². The number of benzene rings is 3. The van der Waals surface area contributed by atoms with Gasteiger partial charge in [-0.15, -0.1) is 0 Å². The number of carbonyl (C=O) groups is 1. The third-order valence-electron chi connectivity index (χ3n) is 4.14. The Labute approximate surface area is 169 Å². The van der Waals surface area contributed by atoms with Crippen molar-refractivity contribution in [2.24, 2.45) is 0 Å². The zero-order valence-corrected chi connectivity index (χ0v) is 16.3. The van der Waals surface area contributed by atoms with E-state index >= 15 is 0 Å². The Morgan fingerprint density at radius 1 is 0.966 bits per heavy atom. The first-order chi connectivity index (χ1) is 14.1. The van der Waals surface area contributed by atoms with Crippen LogP contribution in [0.15, 0.2) is 66.7 Å². The standard InChI is InChI=1S/C23H22FNO4/c1-3-28-22-11-10-16(23(26)25-19-7-4-6-18(24)13-19)12-17(22)15-29-21-9-5-8-20(14-21)27-2/h4-14H,3,15H2,1-2H3,(H,25,26). The maximum Gasteiger partial charge on any atom is 0.255 e. The Kier molecular flexibility index (Phi) is 6.68. The van der Waals surface area contributed by atoms with Gasteiger partial charge >= 0.3 is 0 Å². The first-order valence-electron chi connectivity index (χ1n) is 9.18. The largest absolute Gasteiger partial charge is 0.497 e. The summed E-state index contributed by atoms with van der Waals surface area (Å²) >= 11 is 0. The summed E-state index contributed by atoms with van der Waals surface area (Å²) in [7, 11) is 1.59. The molecule has 0 radical (unpaired) electrons. The molecule has 29 heavy (non-hydrogen) atoms. The minimum absolute atomic E-state index is 0.212. The third-order valence-corrected chi connectivity index (χ3v) is 4.14. The number of nitrogens with one attached hydrogen (secondary N) is 1. The summed E-state index contributed by atoms with van der Waals surface area (Å²) in [5, 5.41) is 2.69. The molecule has 6 heteroatoms. The molecule has 0 aliphatic heterocycles. The number of rotatable bonds is 8. The van der Waals surface area contributed by atoms with Gasteiger partial charge in [0.05, 0.1) is 13.7 Å². The fourth-order valence-corrected chi connectivity index (χ4v) is 2.75. The van der Waals surface area contributed by atoms with E-state index in [0.29, 0.717) is 35.1 Å². The number of amides is 1. The van der Waals surface area contributed by atoms with E-state index in [2.05, 4.69) is 5.32 Å². The van der Waals surface area contributed by atoms with Gasteiger partial charge in [0.15, 0.2) is 0 Å². The summed E-state index contributed by atoms with van der Waals surface area (Å²) in [5.74, 6) is 1.21. The van der Waals surface area contributed by atoms with Gasteiger partial charge in [0.2, 0.25) is 0 Å². The summed E-state index contributed by atoms with van der Waals surface area (Å²) in [6.07, 6.45) is 0. The van der Waals surface area contributed by atoms with Gasteiger partial charge in [0, 0.05) is 22.9 Å². The highest BCUT2D eigenvalue weighted by Gasteiger charge is 2.12. The Hall–Kier alpha value is -3.54. The predicted octanol–water partition coefficient (Wildman–Crippen LogP) is 5.06. The van der Waals surface area contributed by atoms with Crippen LogP contribution in [-0.4, -0.2) is 19.6 Å². The van der Waals surface area contributed by atoms with Crippen LogP contribution < -0.4 is 19.5 Å². The van der Waals surface area contributed by atoms with Gasteiger partial charge in [0.1, 0.15) is 29.7 Å². The van der Waals surface area contributed by atoms with Gasteiger partial charge in [-0.2, -0.15) is 0 Å². The lowest BCUT2D eigenvalue weighted by molar-refractivity contribution is 0.102. The molecule has 150 valence electrons. The van der Waals surface area contributed by atoms with Gasteiger partial charge in [-0.05, 0) is 55.5 Å². The van der Waals surface area contributed by atoms with Crippen molar-refractivity contribution in [3.63, 3.8) is 0 Å². The number of anilines is 1. The van der Waals surface area contributed by atoms with Crippen molar-refractivity contribution >= 4 is 11.6 Å². The molecule has 0 aliphatic rings. The lowest BCUT2D eigenvalue weighted by atomic mass is 10.1. The van der Waals surface area contributed by atoms with E-state index in [1.165, 1.54) is 18.2 Å². The number of carbonyl (C=O) groups excluding carboxylic acids is 1. The highest BCUT2D eigenvalue weighted by atomic mass is 19.1. The number of halogens is 1. The van der Waals surface area contributed by atoms with E-state index in [1.807, 2.05) is 25.1 Å². The third kappa shape index (κ3) is 5.48. The second kappa shape index (κ2) is 9.59. The topological polar surface area (TPSA) is 56.8 Å². The van der Waals surface area contributed by atoms with E-state index in [4.69, 9.17) is 14.2 Å². The van der Waals surface area contributed by atoms with Crippen molar-refractivity contribution < 1.29 is 23.4 Å². The average molecular weight is 395 g/mol. The first kappa shape index (κ1) is 20.2. The van der Waals surface area contributed by atoms with Crippen LogP contribution in [0.4, 0.5) is 10.1 Å². The Morgan fingerprint density at radius 2 is 1.76 bits per heavy atom. The van der Waals surface area contributed by atoms with E-state index < -0.39 is 5.82 Å². The smallest absolute Gasteiger partial charge is 0.255 e. The van der Waals surface area contributed by atoms with Crippen molar-refractivity contribution in [2.45, 2.75) is 13.5 Å². The summed E-state index contributed by atoms with van der Waals surface area (Å²) in [4.78, 5) is 12.6. The summed E-state index contributed by atoms with van der Waals surface area (Å²) in [6, 6.07) is 18.1. The van der Waals surface area contributed by atoms with Crippen LogP contribution in [-0.2, 0) is 6.61 Å². The maximum absolute atomic E-state index is 13.3. The summed E-state index contributed by atoms with van der Waals surface area (Å²) in [5.41, 5.74) is 1.53. The molecule has 0 atom stereocenters. The molecule has 1 N–H and O–H groups in total. The number of ether oxygens (including phenoxy) is 3. The minimum Gasteiger partial charge on any atom is -0.497 e. The second-order valence-corrected chi connectivity index (χ2v) is 6.19. The van der Waals surface area contributed by atoms with Gasteiger partial charge in [-0.25, -0.2) is 4.39 Å². The Morgan fingerprint density at radius 3 is 2.52 bits per heavy atom. The second-order valence-electron chi connectivity index (χ2n) is 6.19. The molecule has 0 fully saturated rings. The maximum atomic E-state index is 13.3. The average Bonchev–Trinajstić information content (AvgIpc) is 2.73. The zero-order valence-electron chi connectivity index (χ0n) is 16.3. The molecule has 0 spiro atoms. The molecule has 5 nitrogen and oxygen atoms in total. The molecule has 0 bridgehead atoms. The molecule has 0 heterocycles. The van der Waals surface area contributed by atoms with Gasteiger partial charge < -0.3 is 19.5 Å². The van der Waals surface area contributed by atoms with Crippen molar-refractivity contribution in [3.8, 4) is 17.2 Å². The highest BCUT2D eigenvalue weighted by molar-refractivity contribution is 6.04. The van der Waals surface area contributed by atoms with Crippen LogP contribution >= 0.6 is 0 Å². The Bertz CT molecular complexity index is 990. The van der Waals surface area contributed by atoms with E-state index in [1.54, 1.807) is 37.4 Å². The molecule has 0 aliphatic carbocycles. The van der Waals surface area contributed by atoms with E-state index in [9.17, 15) is 9.18 Å². The fraction of sp³-hybridized carbons (Fsp3) is 0.174. The molecular formula is C23H22FNO4. The number of methoxy groups -OCH3 is 1. The molecule has 1 amide bonds. The Balaban J connectivity index is 1.78. The fourth-order valence-electron chi connectivity index (χ4n) is 2.75. The molecule has 3 aromatic carbocycles. The van der Waals surface area contributed by atoms with E-state index in [0.717, 1.165) is 5.56 Å². The summed E-state index contributed by atoms with van der Waals surface area (Å²) < 4.78 is 30.0. The molecule has 3 aromatic rings. The number of hydrogen-bond donors (Lipinski definition) is 1. The van der Waals surface area contributed by atoms with Crippen molar-refractivity contribution in [1.82, 2.24) is 0 Å². The van der Waals surface area contributed by atoms with Gasteiger partial charge in [-0.3, -0.25) is 4.79 Å². The number of hydrogen-bond acceptors (Lipinski definition) is 4. The molecule has 0 saturated heterocycles. The van der Waals surface area contributed by atoms with Crippen molar-refractivity contribution in [1.29, 1.82) is 0 Å². The minimum atomic E-state index is -0.415. The quantitative estimate of drug-likeness (QED) is 0.579. The monoisotopic (exact) mass is 395 g/mol. The van der Waals surface area contributed by atoms with Crippen LogP contribution in [0.5, 0.6) is 17.2 Å². The van der Waals surface area contributed by atoms with Gasteiger partial charge in [-0.1, -0.05) is 12.1 Å². The molecule has 0 aromatic heterocycles. The lowest BCUT2D eigenvalue weighted by Gasteiger charge is -2.14. The van der Waals surface area contributed by atoms with Crippen LogP contribution in [0.25, 0.3) is 0 Å². The van der Waals surface area contributed by atoms with Crippen LogP contribution in [0.3, 0.4) is 0 Å². The molecule has 3 rings (SSSR count). The normalized spacial score (nSPS) is 10.3. The predicted molar refractivity (Wildman–Crippen MR) is 109 cm³/mol. The molecular weight excluding hydrogens is 373 g/mol. The van der Waals surface area contributed by atoms with Crippen LogP contribution in [0.1, 0.15) is 22.8 Å². The molecule has 0 unspecified atom stereocenters. The van der Waals surface area contributed by atoms with E-state index in [-0.39, 0.29) is 12.5 Å².